The summed E-state index contributed by atoms with van der Waals surface area (Å²) in [5.74, 6) is -0.394. The third-order valence-corrected chi connectivity index (χ3v) is 3.87. The highest BCUT2D eigenvalue weighted by atomic mass is 16.6. The van der Waals surface area contributed by atoms with Gasteiger partial charge in [0.25, 0.3) is 0 Å². The van der Waals surface area contributed by atoms with E-state index in [2.05, 4.69) is 10.6 Å². The molecular formula is C20H39N3O5. The number of nitrogens with one attached hydrogen (secondary N) is 2. The molecule has 1 aliphatic heterocycles. The van der Waals surface area contributed by atoms with Gasteiger partial charge in [-0.2, -0.15) is 0 Å². The molecular weight excluding hydrogens is 362 g/mol. The fraction of sp³-hybridized carbons (Fsp3) is 0.850. The summed E-state index contributed by atoms with van der Waals surface area (Å²) >= 11 is 0. The predicted molar refractivity (Wildman–Crippen MR) is 109 cm³/mol. The van der Waals surface area contributed by atoms with Gasteiger partial charge in [0, 0.05) is 32.6 Å². The van der Waals surface area contributed by atoms with Crippen LogP contribution in [0.4, 0.5) is 4.79 Å². The highest BCUT2D eigenvalue weighted by molar-refractivity contribution is 5.85. The summed E-state index contributed by atoms with van der Waals surface area (Å²) in [6.45, 7) is 14.4. The first kappa shape index (κ1) is 26.2. The highest BCUT2D eigenvalue weighted by Gasteiger charge is 2.29. The third-order valence-electron chi connectivity index (χ3n) is 3.87. The molecule has 0 radical (unpaired) electrons. The van der Waals surface area contributed by atoms with Crippen molar-refractivity contribution in [3.8, 4) is 0 Å². The van der Waals surface area contributed by atoms with Crippen molar-refractivity contribution in [1.82, 2.24) is 15.5 Å². The van der Waals surface area contributed by atoms with Crippen LogP contribution in [0.2, 0.25) is 0 Å². The lowest BCUT2D eigenvalue weighted by atomic mass is 10.0. The number of nitrogens with zero attached hydrogens (tertiary/aromatic N) is 1. The van der Waals surface area contributed by atoms with Crippen molar-refractivity contribution in [1.29, 1.82) is 0 Å². The predicted octanol–water partition coefficient (Wildman–Crippen LogP) is 2.62. The summed E-state index contributed by atoms with van der Waals surface area (Å²) in [4.78, 5) is 36.0. The molecule has 2 amide bonds. The monoisotopic (exact) mass is 401 g/mol. The SMILES string of the molecule is CC(C)CC(NC(=O)OC(C)(C)C)C(=O)N1CCNCC1.CCCCC(=O)O. The van der Waals surface area contributed by atoms with E-state index in [0.717, 1.165) is 25.9 Å². The van der Waals surface area contributed by atoms with E-state index in [1.807, 2.05) is 41.5 Å². The second kappa shape index (κ2) is 13.4. The van der Waals surface area contributed by atoms with E-state index < -0.39 is 23.7 Å². The number of carbonyl (C=O) groups is 3. The number of piperazine rings is 1. The lowest BCUT2D eigenvalue weighted by molar-refractivity contribution is -0.137. The topological polar surface area (TPSA) is 108 Å². The molecule has 0 aromatic rings. The molecule has 1 aliphatic rings. The van der Waals surface area contributed by atoms with Crippen LogP contribution in [0.3, 0.4) is 0 Å². The molecule has 1 rings (SSSR count). The Balaban J connectivity index is 0.000000887. The van der Waals surface area contributed by atoms with Crippen LogP contribution in [0.5, 0.6) is 0 Å². The van der Waals surface area contributed by atoms with Gasteiger partial charge in [-0.25, -0.2) is 4.79 Å². The first-order chi connectivity index (χ1) is 13.0. The third kappa shape index (κ3) is 13.4. The van der Waals surface area contributed by atoms with Crippen LogP contribution in [-0.2, 0) is 14.3 Å². The van der Waals surface area contributed by atoms with Gasteiger partial charge in [-0.05, 0) is 39.5 Å². The molecule has 28 heavy (non-hydrogen) atoms. The van der Waals surface area contributed by atoms with Crippen LogP contribution in [0.1, 0.15) is 67.2 Å². The van der Waals surface area contributed by atoms with Gasteiger partial charge in [-0.15, -0.1) is 0 Å². The minimum absolute atomic E-state index is 0.0175. The van der Waals surface area contributed by atoms with Gasteiger partial charge in [0.15, 0.2) is 0 Å². The fourth-order valence-corrected chi connectivity index (χ4v) is 2.58. The molecule has 0 aromatic heterocycles. The molecule has 1 saturated heterocycles. The average molecular weight is 402 g/mol. The van der Waals surface area contributed by atoms with Crippen molar-refractivity contribution in [3.63, 3.8) is 0 Å². The van der Waals surface area contributed by atoms with Crippen molar-refractivity contribution >= 4 is 18.0 Å². The Morgan fingerprint density at radius 2 is 1.75 bits per heavy atom. The number of alkyl carbamates (subject to hydrolysis) is 1. The Bertz CT molecular complexity index is 483. The maximum atomic E-state index is 12.6. The average Bonchev–Trinajstić information content (AvgIpc) is 2.58. The van der Waals surface area contributed by atoms with Crippen LogP contribution in [0, 0.1) is 5.92 Å². The van der Waals surface area contributed by atoms with Crippen LogP contribution < -0.4 is 10.6 Å². The first-order valence-electron chi connectivity index (χ1n) is 10.2. The Hall–Kier alpha value is -1.83. The summed E-state index contributed by atoms with van der Waals surface area (Å²) < 4.78 is 5.25. The molecule has 0 spiro atoms. The zero-order valence-corrected chi connectivity index (χ0v) is 18.3. The summed E-state index contributed by atoms with van der Waals surface area (Å²) in [5, 5.41) is 14.0. The largest absolute Gasteiger partial charge is 0.481 e. The Kier molecular flexibility index (Phi) is 12.5. The van der Waals surface area contributed by atoms with E-state index >= 15 is 0 Å². The van der Waals surface area contributed by atoms with E-state index in [9.17, 15) is 14.4 Å². The highest BCUT2D eigenvalue weighted by Crippen LogP contribution is 2.11. The van der Waals surface area contributed by atoms with Crippen molar-refractivity contribution in [2.24, 2.45) is 5.92 Å². The lowest BCUT2D eigenvalue weighted by Gasteiger charge is -2.32. The molecule has 0 aliphatic carbocycles. The van der Waals surface area contributed by atoms with Gasteiger partial charge >= 0.3 is 12.1 Å². The standard InChI is InChI=1S/C15H29N3O3.C5H10O2/c1-11(2)10-12(17-14(20)21-15(3,4)5)13(19)18-8-6-16-7-9-18;1-2-3-4-5(6)7/h11-12,16H,6-10H2,1-5H3,(H,17,20);2-4H2,1H3,(H,6,7). The molecule has 1 fully saturated rings. The van der Waals surface area contributed by atoms with Crippen LogP contribution in [-0.4, -0.2) is 65.8 Å². The maximum Gasteiger partial charge on any atom is 0.408 e. The van der Waals surface area contributed by atoms with Crippen LogP contribution in [0.25, 0.3) is 0 Å². The lowest BCUT2D eigenvalue weighted by Crippen LogP contribution is -2.54. The van der Waals surface area contributed by atoms with Crippen molar-refractivity contribution < 1.29 is 24.2 Å². The van der Waals surface area contributed by atoms with E-state index in [1.165, 1.54) is 0 Å². The number of hydrogen-bond acceptors (Lipinski definition) is 5. The van der Waals surface area contributed by atoms with Crippen molar-refractivity contribution in [2.45, 2.75) is 78.9 Å². The maximum absolute atomic E-state index is 12.6. The number of unbranched alkanes of at least 4 members (excludes halogenated alkanes) is 1. The van der Waals surface area contributed by atoms with E-state index in [4.69, 9.17) is 9.84 Å². The van der Waals surface area contributed by atoms with Crippen molar-refractivity contribution in [2.75, 3.05) is 26.2 Å². The molecule has 1 heterocycles. The number of carbonyl (C=O) groups excluding carboxylic acids is 2. The van der Waals surface area contributed by atoms with E-state index in [0.29, 0.717) is 31.8 Å². The molecule has 3 N–H and O–H groups in total. The Labute approximate surface area is 169 Å². The van der Waals surface area contributed by atoms with Crippen LogP contribution >= 0.6 is 0 Å². The fourth-order valence-electron chi connectivity index (χ4n) is 2.58. The van der Waals surface area contributed by atoms with Gasteiger partial charge in [-0.3, -0.25) is 9.59 Å². The Morgan fingerprint density at radius 3 is 2.14 bits per heavy atom. The summed E-state index contributed by atoms with van der Waals surface area (Å²) in [6, 6.07) is -0.516. The van der Waals surface area contributed by atoms with Crippen LogP contribution in [0.15, 0.2) is 0 Å². The number of rotatable bonds is 7. The second-order valence-electron chi connectivity index (χ2n) is 8.40. The molecule has 8 heteroatoms. The van der Waals surface area contributed by atoms with Gasteiger partial charge in [0.05, 0.1) is 0 Å². The number of aliphatic carboxylic acids is 1. The molecule has 1 unspecified atom stereocenters. The summed E-state index contributed by atoms with van der Waals surface area (Å²) in [6.07, 6.45) is 2.16. The van der Waals surface area contributed by atoms with Gasteiger partial charge < -0.3 is 25.4 Å². The Morgan fingerprint density at radius 1 is 1.18 bits per heavy atom. The minimum Gasteiger partial charge on any atom is -0.481 e. The molecule has 0 saturated carbocycles. The first-order valence-corrected chi connectivity index (χ1v) is 10.2. The van der Waals surface area contributed by atoms with Gasteiger partial charge in [0.1, 0.15) is 11.6 Å². The molecule has 0 aromatic carbocycles. The smallest absolute Gasteiger partial charge is 0.408 e. The zero-order chi connectivity index (χ0) is 21.7. The summed E-state index contributed by atoms with van der Waals surface area (Å²) in [7, 11) is 0. The number of carboxylic acids is 1. The quantitative estimate of drug-likeness (QED) is 0.605. The van der Waals surface area contributed by atoms with Gasteiger partial charge in [0.2, 0.25) is 5.91 Å². The van der Waals surface area contributed by atoms with E-state index in [-0.39, 0.29) is 5.91 Å². The number of carboxylic acid groups (broad SMARTS) is 1. The van der Waals surface area contributed by atoms with E-state index in [1.54, 1.807) is 4.90 Å². The number of ether oxygens (including phenoxy) is 1. The summed E-state index contributed by atoms with van der Waals surface area (Å²) in [5.41, 5.74) is -0.565. The molecule has 0 bridgehead atoms. The molecule has 8 nitrogen and oxygen atoms in total. The number of hydrogen-bond donors (Lipinski definition) is 3. The molecule has 164 valence electrons. The number of amides is 2. The minimum atomic E-state index is -0.693. The van der Waals surface area contributed by atoms with Crippen molar-refractivity contribution in [3.05, 3.63) is 0 Å². The van der Waals surface area contributed by atoms with Gasteiger partial charge in [-0.1, -0.05) is 27.2 Å². The second-order valence-corrected chi connectivity index (χ2v) is 8.40. The normalized spacial score (nSPS) is 15.3. The molecule has 1 atom stereocenters. The zero-order valence-electron chi connectivity index (χ0n) is 18.3.